The molecule has 0 aliphatic rings. The lowest BCUT2D eigenvalue weighted by atomic mass is 10.1. The molecule has 23 heavy (non-hydrogen) atoms. The maximum absolute atomic E-state index is 12.6. The second kappa shape index (κ2) is 9.21. The molecule has 0 aromatic heterocycles. The van der Waals surface area contributed by atoms with Crippen molar-refractivity contribution in [3.8, 4) is 0 Å². The maximum Gasteiger partial charge on any atom is 0.216 e. The van der Waals surface area contributed by atoms with E-state index in [0.29, 0.717) is 11.6 Å². The molecule has 0 atom stereocenters. The predicted octanol–water partition coefficient (Wildman–Crippen LogP) is 1.58. The molecule has 0 spiro atoms. The third-order valence-corrected chi connectivity index (χ3v) is 4.60. The Labute approximate surface area is 154 Å². The first-order valence-electron chi connectivity index (χ1n) is 7.76. The highest BCUT2D eigenvalue weighted by Crippen LogP contribution is 2.17. The van der Waals surface area contributed by atoms with Crippen LogP contribution >= 0.6 is 11.6 Å². The summed E-state index contributed by atoms with van der Waals surface area (Å²) in [6.07, 6.45) is 0. The highest BCUT2D eigenvalue weighted by Gasteiger charge is 2.27. The molecule has 0 bridgehead atoms. The van der Waals surface area contributed by atoms with Gasteiger partial charge in [0.2, 0.25) is 5.78 Å². The summed E-state index contributed by atoms with van der Waals surface area (Å²) >= 11 is 5.90. The molecule has 0 heterocycles. The summed E-state index contributed by atoms with van der Waals surface area (Å²) in [5.41, 5.74) is 2.01. The van der Waals surface area contributed by atoms with Crippen LogP contribution in [0.15, 0.2) is 54.6 Å². The highest BCUT2D eigenvalue weighted by atomic mass is 79.9. The molecule has 0 aliphatic heterocycles. The smallest absolute Gasteiger partial charge is 0.216 e. The van der Waals surface area contributed by atoms with Crippen molar-refractivity contribution < 1.29 is 26.3 Å². The fourth-order valence-electron chi connectivity index (χ4n) is 2.73. The van der Waals surface area contributed by atoms with E-state index in [9.17, 15) is 4.79 Å². The average Bonchev–Trinajstić information content (AvgIpc) is 2.55. The van der Waals surface area contributed by atoms with E-state index in [1.165, 1.54) is 5.56 Å². The summed E-state index contributed by atoms with van der Waals surface area (Å²) < 4.78 is 0.769. The zero-order chi connectivity index (χ0) is 16.0. The Morgan fingerprint density at radius 3 is 2.04 bits per heavy atom. The lowest BCUT2D eigenvalue weighted by molar-refractivity contribution is -0.930. The van der Waals surface area contributed by atoms with E-state index in [-0.39, 0.29) is 22.8 Å². The van der Waals surface area contributed by atoms with Crippen molar-refractivity contribution in [3.05, 3.63) is 70.7 Å². The number of carbonyl (C=O) groups excluding carboxylic acids is 1. The Bertz CT molecular complexity index is 609. The molecule has 0 amide bonds. The first-order valence-corrected chi connectivity index (χ1v) is 8.14. The van der Waals surface area contributed by atoms with E-state index in [1.807, 2.05) is 18.2 Å². The minimum absolute atomic E-state index is 0. The summed E-state index contributed by atoms with van der Waals surface area (Å²) in [6.45, 7) is 7.58. The van der Waals surface area contributed by atoms with Crippen molar-refractivity contribution in [2.24, 2.45) is 0 Å². The largest absolute Gasteiger partial charge is 1.00 e. The third kappa shape index (κ3) is 5.45. The summed E-state index contributed by atoms with van der Waals surface area (Å²) in [5, 5.41) is 0.660. The molecule has 0 unspecified atom stereocenters. The standard InChI is InChI=1S/C19H23ClNO.BrH/c1-3-21(4-2,14-16-8-6-5-7-9-16)15-19(22)17-10-12-18(20)13-11-17;/h5-13H,3-4,14-15H2,1-2H3;1H/q+1;/p-1. The molecule has 0 N–H and O–H groups in total. The fourth-order valence-corrected chi connectivity index (χ4v) is 2.86. The highest BCUT2D eigenvalue weighted by molar-refractivity contribution is 6.30. The number of halogens is 2. The van der Waals surface area contributed by atoms with Gasteiger partial charge >= 0.3 is 0 Å². The minimum atomic E-state index is 0. The van der Waals surface area contributed by atoms with Crippen molar-refractivity contribution in [2.45, 2.75) is 20.4 Å². The Balaban J connectivity index is 0.00000264. The van der Waals surface area contributed by atoms with Crippen LogP contribution in [0.4, 0.5) is 0 Å². The van der Waals surface area contributed by atoms with Gasteiger partial charge in [-0.2, -0.15) is 0 Å². The molecule has 2 rings (SSSR count). The predicted molar refractivity (Wildman–Crippen MR) is 92.1 cm³/mol. The molecule has 0 saturated heterocycles. The molecular formula is C19H23BrClNO. The molecule has 0 aliphatic carbocycles. The molecule has 4 heteroatoms. The number of carbonyl (C=O) groups is 1. The maximum atomic E-state index is 12.6. The first kappa shape index (κ1) is 19.9. The van der Waals surface area contributed by atoms with Gasteiger partial charge in [-0.05, 0) is 38.1 Å². The van der Waals surface area contributed by atoms with Crippen LogP contribution in [0.5, 0.6) is 0 Å². The summed E-state index contributed by atoms with van der Waals surface area (Å²) in [5.74, 6) is 0.177. The van der Waals surface area contributed by atoms with Gasteiger partial charge in [-0.3, -0.25) is 4.79 Å². The third-order valence-electron chi connectivity index (χ3n) is 4.35. The monoisotopic (exact) mass is 395 g/mol. The number of Topliss-reactive ketones (excluding diaryl/α,β-unsaturated/α-hetero) is 1. The van der Waals surface area contributed by atoms with Crippen molar-refractivity contribution >= 4 is 17.4 Å². The van der Waals surface area contributed by atoms with E-state index in [4.69, 9.17) is 11.6 Å². The van der Waals surface area contributed by atoms with Gasteiger partial charge in [0.25, 0.3) is 0 Å². The number of likely N-dealkylation sites (N-methyl/N-ethyl adjacent to an activating group) is 1. The van der Waals surface area contributed by atoms with Gasteiger partial charge in [0.1, 0.15) is 13.1 Å². The molecule has 2 aromatic carbocycles. The van der Waals surface area contributed by atoms with Crippen LogP contribution < -0.4 is 17.0 Å². The summed E-state index contributed by atoms with van der Waals surface area (Å²) in [4.78, 5) is 12.6. The summed E-state index contributed by atoms with van der Waals surface area (Å²) in [6, 6.07) is 17.6. The van der Waals surface area contributed by atoms with Crippen molar-refractivity contribution in [2.75, 3.05) is 19.6 Å². The van der Waals surface area contributed by atoms with E-state index in [1.54, 1.807) is 12.1 Å². The Morgan fingerprint density at radius 1 is 0.957 bits per heavy atom. The van der Waals surface area contributed by atoms with Crippen LogP contribution in [0.25, 0.3) is 0 Å². The SMILES string of the molecule is CC[N+](CC)(CC(=O)c1ccc(Cl)cc1)Cc1ccccc1.[Br-]. The van der Waals surface area contributed by atoms with Gasteiger partial charge in [-0.1, -0.05) is 41.9 Å². The number of ketones is 1. The Kier molecular flexibility index (Phi) is 7.97. The number of benzene rings is 2. The van der Waals surface area contributed by atoms with Gasteiger partial charge in [0.15, 0.2) is 0 Å². The lowest BCUT2D eigenvalue weighted by Crippen LogP contribution is -3.00. The van der Waals surface area contributed by atoms with Gasteiger partial charge in [-0.15, -0.1) is 0 Å². The van der Waals surface area contributed by atoms with Crippen LogP contribution in [0, 0.1) is 0 Å². The normalized spacial score (nSPS) is 10.9. The molecule has 0 radical (unpaired) electrons. The number of quaternary nitrogens is 1. The van der Waals surface area contributed by atoms with Crippen LogP contribution in [-0.4, -0.2) is 29.9 Å². The second-order valence-electron chi connectivity index (χ2n) is 5.71. The Morgan fingerprint density at radius 2 is 1.52 bits per heavy atom. The molecular weight excluding hydrogens is 374 g/mol. The van der Waals surface area contributed by atoms with Crippen molar-refractivity contribution in [1.29, 1.82) is 0 Å². The van der Waals surface area contributed by atoms with Gasteiger partial charge in [0.05, 0.1) is 13.1 Å². The fraction of sp³-hybridized carbons (Fsp3) is 0.316. The van der Waals surface area contributed by atoms with Crippen LogP contribution in [0.3, 0.4) is 0 Å². The zero-order valence-corrected chi connectivity index (χ0v) is 16.0. The molecule has 0 saturated carbocycles. The minimum Gasteiger partial charge on any atom is -1.00 e. The van der Waals surface area contributed by atoms with E-state index < -0.39 is 0 Å². The zero-order valence-electron chi connectivity index (χ0n) is 13.6. The molecule has 2 nitrogen and oxygen atoms in total. The van der Waals surface area contributed by atoms with E-state index in [2.05, 4.69) is 38.1 Å². The van der Waals surface area contributed by atoms with Gasteiger partial charge in [0, 0.05) is 16.1 Å². The lowest BCUT2D eigenvalue weighted by Gasteiger charge is -2.36. The summed E-state index contributed by atoms with van der Waals surface area (Å²) in [7, 11) is 0. The van der Waals surface area contributed by atoms with Crippen LogP contribution in [-0.2, 0) is 6.54 Å². The topological polar surface area (TPSA) is 17.1 Å². The number of rotatable bonds is 7. The Hall–Kier alpha value is -1.16. The van der Waals surface area contributed by atoms with E-state index >= 15 is 0 Å². The molecule has 0 fully saturated rings. The van der Waals surface area contributed by atoms with Crippen LogP contribution in [0.2, 0.25) is 5.02 Å². The molecule has 124 valence electrons. The van der Waals surface area contributed by atoms with E-state index in [0.717, 1.165) is 29.7 Å². The number of hydrogen-bond acceptors (Lipinski definition) is 1. The molecule has 2 aromatic rings. The first-order chi connectivity index (χ1) is 10.6. The number of hydrogen-bond donors (Lipinski definition) is 0. The van der Waals surface area contributed by atoms with Crippen molar-refractivity contribution in [1.82, 2.24) is 0 Å². The van der Waals surface area contributed by atoms with Crippen molar-refractivity contribution in [3.63, 3.8) is 0 Å². The average molecular weight is 397 g/mol. The van der Waals surface area contributed by atoms with Gasteiger partial charge < -0.3 is 21.5 Å². The number of nitrogens with zero attached hydrogens (tertiary/aromatic N) is 1. The quantitative estimate of drug-likeness (QED) is 0.513. The van der Waals surface area contributed by atoms with Gasteiger partial charge in [-0.25, -0.2) is 0 Å². The second-order valence-corrected chi connectivity index (χ2v) is 6.14. The van der Waals surface area contributed by atoms with Crippen LogP contribution in [0.1, 0.15) is 29.8 Å².